The molecule has 2 aromatic rings. The van der Waals surface area contributed by atoms with Crippen molar-refractivity contribution in [2.45, 2.75) is 18.4 Å². The summed E-state index contributed by atoms with van der Waals surface area (Å²) in [7, 11) is 0. The summed E-state index contributed by atoms with van der Waals surface area (Å²) in [4.78, 5) is 5.42. The number of aromatic nitrogens is 2. The Kier molecular flexibility index (Phi) is 3.67. The van der Waals surface area contributed by atoms with Gasteiger partial charge in [-0.15, -0.1) is 23.1 Å². The molecule has 2 rings (SSSR count). The van der Waals surface area contributed by atoms with Gasteiger partial charge in [-0.25, -0.2) is 4.98 Å². The highest BCUT2D eigenvalue weighted by molar-refractivity contribution is 7.99. The summed E-state index contributed by atoms with van der Waals surface area (Å²) < 4.78 is 4.12. The van der Waals surface area contributed by atoms with Gasteiger partial charge < -0.3 is 11.1 Å². The third-order valence-electron chi connectivity index (χ3n) is 1.95. The van der Waals surface area contributed by atoms with Crippen LogP contribution >= 0.6 is 34.6 Å². The van der Waals surface area contributed by atoms with Crippen molar-refractivity contribution in [2.24, 2.45) is 0 Å². The highest BCUT2D eigenvalue weighted by Crippen LogP contribution is 2.34. The van der Waals surface area contributed by atoms with Gasteiger partial charge in [-0.3, -0.25) is 0 Å². The van der Waals surface area contributed by atoms with Crippen LogP contribution in [0, 0.1) is 6.92 Å². The van der Waals surface area contributed by atoms with Crippen LogP contribution in [0.5, 0.6) is 0 Å². The highest BCUT2D eigenvalue weighted by atomic mass is 32.2. The van der Waals surface area contributed by atoms with Gasteiger partial charge in [-0.1, -0.05) is 0 Å². The minimum atomic E-state index is 0.607. The smallest absolute Gasteiger partial charge is 0.153 e. The summed E-state index contributed by atoms with van der Waals surface area (Å²) in [5.74, 6) is 0.607. The van der Waals surface area contributed by atoms with E-state index in [0.29, 0.717) is 5.82 Å². The van der Waals surface area contributed by atoms with Gasteiger partial charge in [-0.2, -0.15) is 4.37 Å². The lowest BCUT2D eigenvalue weighted by Gasteiger charge is -2.02. The van der Waals surface area contributed by atoms with Crippen LogP contribution in [0.1, 0.15) is 10.7 Å². The summed E-state index contributed by atoms with van der Waals surface area (Å²) in [6.07, 6.45) is 2.00. The van der Waals surface area contributed by atoms with E-state index < -0.39 is 0 Å². The minimum absolute atomic E-state index is 0.607. The maximum Gasteiger partial charge on any atom is 0.153 e. The number of nitrogen functional groups attached to an aromatic ring is 1. The fourth-order valence-corrected chi connectivity index (χ4v) is 3.49. The highest BCUT2D eigenvalue weighted by Gasteiger charge is 2.10. The van der Waals surface area contributed by atoms with E-state index >= 15 is 0 Å². The number of hydrogen-bond donors (Lipinski definition) is 2. The van der Waals surface area contributed by atoms with Crippen LogP contribution in [-0.2, 0) is 6.54 Å². The van der Waals surface area contributed by atoms with E-state index in [9.17, 15) is 0 Å². The van der Waals surface area contributed by atoms with Crippen molar-refractivity contribution in [3.8, 4) is 0 Å². The largest absolute Gasteiger partial charge is 0.382 e. The zero-order valence-electron chi connectivity index (χ0n) is 8.98. The van der Waals surface area contributed by atoms with E-state index in [4.69, 9.17) is 5.73 Å². The van der Waals surface area contributed by atoms with Crippen molar-refractivity contribution >= 4 is 45.5 Å². The number of rotatable bonds is 4. The van der Waals surface area contributed by atoms with Crippen LogP contribution in [0.15, 0.2) is 10.3 Å². The van der Waals surface area contributed by atoms with E-state index in [1.807, 2.05) is 18.6 Å². The van der Waals surface area contributed by atoms with Gasteiger partial charge in [0.05, 0.1) is 11.4 Å². The maximum atomic E-state index is 5.75. The monoisotopic (exact) mass is 272 g/mol. The lowest BCUT2D eigenvalue weighted by molar-refractivity contribution is 1.08. The molecular weight excluding hydrogens is 260 g/mol. The van der Waals surface area contributed by atoms with Crippen molar-refractivity contribution in [2.75, 3.05) is 17.3 Å². The Morgan fingerprint density at radius 3 is 3.00 bits per heavy atom. The average Bonchev–Trinajstić information content (AvgIpc) is 2.82. The van der Waals surface area contributed by atoms with Gasteiger partial charge in [-0.05, 0) is 24.7 Å². The van der Waals surface area contributed by atoms with E-state index in [1.54, 1.807) is 23.1 Å². The molecule has 0 spiro atoms. The Morgan fingerprint density at radius 1 is 1.56 bits per heavy atom. The van der Waals surface area contributed by atoms with Crippen LogP contribution in [-0.4, -0.2) is 15.6 Å². The maximum absolute atomic E-state index is 5.75. The van der Waals surface area contributed by atoms with Crippen LogP contribution < -0.4 is 11.1 Å². The third-order valence-corrected chi connectivity index (χ3v) is 4.68. The number of thiazole rings is 1. The molecule has 0 aliphatic rings. The van der Waals surface area contributed by atoms with E-state index in [1.165, 1.54) is 11.5 Å². The Bertz CT molecular complexity index is 477. The van der Waals surface area contributed by atoms with Crippen molar-refractivity contribution in [1.29, 1.82) is 0 Å². The number of nitrogens with zero attached hydrogens (tertiary/aromatic N) is 2. The molecule has 0 fully saturated rings. The topological polar surface area (TPSA) is 63.8 Å². The quantitative estimate of drug-likeness (QED) is 0.838. The van der Waals surface area contributed by atoms with Gasteiger partial charge in [0, 0.05) is 11.1 Å². The molecule has 0 aliphatic heterocycles. The first kappa shape index (κ1) is 11.7. The molecule has 0 aromatic carbocycles. The van der Waals surface area contributed by atoms with E-state index in [2.05, 4.69) is 14.7 Å². The standard InChI is InChI=1S/C9H12N4S3/c1-5-4-15-6(12-5)3-11-9-7(14-2)8(10)13-16-9/h4,11H,3H2,1-2H3,(H2,10,13). The molecule has 0 radical (unpaired) electrons. The van der Waals surface area contributed by atoms with Crippen LogP contribution in [0.25, 0.3) is 0 Å². The molecule has 0 unspecified atom stereocenters. The molecule has 7 heteroatoms. The van der Waals surface area contributed by atoms with Crippen LogP contribution in [0.3, 0.4) is 0 Å². The molecule has 2 heterocycles. The van der Waals surface area contributed by atoms with E-state index in [-0.39, 0.29) is 0 Å². The normalized spacial score (nSPS) is 10.6. The fraction of sp³-hybridized carbons (Fsp3) is 0.333. The second-order valence-corrected chi connectivity index (χ2v) is 5.70. The zero-order chi connectivity index (χ0) is 11.5. The summed E-state index contributed by atoms with van der Waals surface area (Å²) >= 11 is 4.67. The molecule has 0 bridgehead atoms. The lowest BCUT2D eigenvalue weighted by atomic mass is 10.5. The van der Waals surface area contributed by atoms with Gasteiger partial charge in [0.1, 0.15) is 10.0 Å². The third kappa shape index (κ3) is 2.47. The van der Waals surface area contributed by atoms with Crippen molar-refractivity contribution in [1.82, 2.24) is 9.36 Å². The Hall–Kier alpha value is -0.790. The molecule has 0 saturated heterocycles. The van der Waals surface area contributed by atoms with Gasteiger partial charge in [0.2, 0.25) is 0 Å². The second kappa shape index (κ2) is 5.03. The zero-order valence-corrected chi connectivity index (χ0v) is 11.4. The molecule has 86 valence electrons. The predicted molar refractivity (Wildman–Crippen MR) is 72.5 cm³/mol. The van der Waals surface area contributed by atoms with Crippen LogP contribution in [0.2, 0.25) is 0 Å². The molecule has 0 aliphatic carbocycles. The molecular formula is C9H12N4S3. The summed E-state index contributed by atoms with van der Waals surface area (Å²) in [5.41, 5.74) is 6.82. The van der Waals surface area contributed by atoms with Gasteiger partial charge in [0.15, 0.2) is 5.82 Å². The number of nitrogens with one attached hydrogen (secondary N) is 1. The SMILES string of the molecule is CSc1c(N)nsc1NCc1nc(C)cs1. The van der Waals surface area contributed by atoms with Crippen molar-refractivity contribution < 1.29 is 0 Å². The summed E-state index contributed by atoms with van der Waals surface area (Å²) in [5, 5.41) is 7.47. The Labute approximate surface area is 106 Å². The number of nitrogens with two attached hydrogens (primary N) is 1. The first-order valence-electron chi connectivity index (χ1n) is 4.64. The van der Waals surface area contributed by atoms with Crippen molar-refractivity contribution in [3.63, 3.8) is 0 Å². The summed E-state index contributed by atoms with van der Waals surface area (Å²) in [6, 6.07) is 0. The Balaban J connectivity index is 2.04. The van der Waals surface area contributed by atoms with Gasteiger partial charge >= 0.3 is 0 Å². The second-order valence-electron chi connectivity index (χ2n) is 3.17. The fourth-order valence-electron chi connectivity index (χ4n) is 1.24. The van der Waals surface area contributed by atoms with Crippen molar-refractivity contribution in [3.05, 3.63) is 16.1 Å². The predicted octanol–water partition coefficient (Wildman–Crippen LogP) is 2.82. The number of hydrogen-bond acceptors (Lipinski definition) is 7. The molecule has 4 nitrogen and oxygen atoms in total. The molecule has 3 N–H and O–H groups in total. The average molecular weight is 272 g/mol. The van der Waals surface area contributed by atoms with Gasteiger partial charge in [0.25, 0.3) is 0 Å². The molecule has 2 aromatic heterocycles. The number of aryl methyl sites for hydroxylation is 1. The summed E-state index contributed by atoms with van der Waals surface area (Å²) in [6.45, 7) is 2.73. The first-order valence-corrected chi connectivity index (χ1v) is 7.52. The first-order chi connectivity index (χ1) is 7.70. The molecule has 0 saturated carbocycles. The molecule has 16 heavy (non-hydrogen) atoms. The lowest BCUT2D eigenvalue weighted by Crippen LogP contribution is -1.98. The molecule has 0 amide bonds. The number of anilines is 2. The minimum Gasteiger partial charge on any atom is -0.382 e. The number of thioether (sulfide) groups is 1. The Morgan fingerprint density at radius 2 is 2.38 bits per heavy atom. The van der Waals surface area contributed by atoms with E-state index in [0.717, 1.165) is 27.1 Å². The molecule has 0 atom stereocenters. The van der Waals surface area contributed by atoms with Crippen LogP contribution in [0.4, 0.5) is 10.8 Å².